The van der Waals surface area contributed by atoms with Crippen LogP contribution in [0.2, 0.25) is 0 Å². The van der Waals surface area contributed by atoms with Gasteiger partial charge in [-0.1, -0.05) is 11.8 Å². The predicted molar refractivity (Wildman–Crippen MR) is 89.2 cm³/mol. The first-order valence-electron chi connectivity index (χ1n) is 6.99. The zero-order chi connectivity index (χ0) is 15.5. The first-order chi connectivity index (χ1) is 10.7. The smallest absolute Gasteiger partial charge is 0.354 e. The van der Waals surface area contributed by atoms with Crippen LogP contribution < -0.4 is 5.73 Å². The Morgan fingerprint density at radius 3 is 2.59 bits per heavy atom. The van der Waals surface area contributed by atoms with Gasteiger partial charge in [0.25, 0.3) is 0 Å². The number of ether oxygens (including phenoxy) is 1. The number of benzene rings is 2. The number of carbonyl (C=O) groups excluding carboxylic acids is 1. The number of nitrogen functional groups attached to an aromatic ring is 1. The molecule has 0 spiro atoms. The summed E-state index contributed by atoms with van der Waals surface area (Å²) >= 11 is 1.65. The lowest BCUT2D eigenvalue weighted by molar-refractivity contribution is 0.0520. The Bertz CT molecular complexity index is 809. The third kappa shape index (κ3) is 3.09. The van der Waals surface area contributed by atoms with E-state index in [-0.39, 0.29) is 5.97 Å². The lowest BCUT2D eigenvalue weighted by atomic mass is 10.2. The van der Waals surface area contributed by atoms with E-state index in [1.807, 2.05) is 42.5 Å². The number of aromatic amines is 1. The monoisotopic (exact) mass is 312 g/mol. The third-order valence-electron chi connectivity index (χ3n) is 3.20. The molecular weight excluding hydrogens is 296 g/mol. The van der Waals surface area contributed by atoms with Crippen LogP contribution in [0.4, 0.5) is 5.69 Å². The molecule has 0 bridgehead atoms. The second kappa shape index (κ2) is 6.15. The quantitative estimate of drug-likeness (QED) is 0.562. The molecule has 0 saturated carbocycles. The zero-order valence-corrected chi connectivity index (χ0v) is 12.9. The van der Waals surface area contributed by atoms with Crippen molar-refractivity contribution in [2.24, 2.45) is 0 Å². The van der Waals surface area contributed by atoms with Gasteiger partial charge in [-0.25, -0.2) is 4.79 Å². The van der Waals surface area contributed by atoms with E-state index >= 15 is 0 Å². The highest BCUT2D eigenvalue weighted by Gasteiger charge is 2.10. The molecule has 5 heteroatoms. The number of hydrogen-bond acceptors (Lipinski definition) is 4. The fourth-order valence-electron chi connectivity index (χ4n) is 2.16. The van der Waals surface area contributed by atoms with Crippen molar-refractivity contribution in [3.8, 4) is 0 Å². The van der Waals surface area contributed by atoms with E-state index in [2.05, 4.69) is 11.1 Å². The van der Waals surface area contributed by atoms with Gasteiger partial charge in [-0.05, 0) is 55.5 Å². The average Bonchev–Trinajstić information content (AvgIpc) is 2.93. The van der Waals surface area contributed by atoms with Crippen LogP contribution in [0.3, 0.4) is 0 Å². The summed E-state index contributed by atoms with van der Waals surface area (Å²) in [5, 5.41) is 0.989. The molecular formula is C17H16N2O2S. The Morgan fingerprint density at radius 1 is 1.14 bits per heavy atom. The number of anilines is 1. The van der Waals surface area contributed by atoms with Crippen molar-refractivity contribution in [1.82, 2.24) is 4.98 Å². The van der Waals surface area contributed by atoms with Gasteiger partial charge in [-0.3, -0.25) is 0 Å². The van der Waals surface area contributed by atoms with Crippen molar-refractivity contribution in [3.05, 3.63) is 54.2 Å². The Kier molecular flexibility index (Phi) is 4.06. The molecule has 1 aromatic heterocycles. The van der Waals surface area contributed by atoms with Crippen molar-refractivity contribution in [1.29, 1.82) is 0 Å². The number of rotatable bonds is 4. The molecule has 4 nitrogen and oxygen atoms in total. The fourth-order valence-corrected chi connectivity index (χ4v) is 3.03. The first-order valence-corrected chi connectivity index (χ1v) is 7.80. The number of H-pyrrole nitrogens is 1. The third-order valence-corrected chi connectivity index (χ3v) is 4.20. The summed E-state index contributed by atoms with van der Waals surface area (Å²) in [7, 11) is 0. The SMILES string of the molecule is CCOC(=O)c1cc2cc(Sc3ccc(N)cc3)ccc2[nH]1. The van der Waals surface area contributed by atoms with Gasteiger partial charge in [-0.2, -0.15) is 0 Å². The van der Waals surface area contributed by atoms with E-state index in [1.165, 1.54) is 0 Å². The summed E-state index contributed by atoms with van der Waals surface area (Å²) in [5.74, 6) is -0.327. The molecule has 3 aromatic rings. The normalized spacial score (nSPS) is 10.8. The number of esters is 1. The standard InChI is InChI=1S/C17H16N2O2S/c1-2-21-17(20)16-10-11-9-14(7-8-15(11)19-16)22-13-5-3-12(18)4-6-13/h3-10,19H,2,18H2,1H3. The van der Waals surface area contributed by atoms with Crippen molar-refractivity contribution in [3.63, 3.8) is 0 Å². The molecule has 22 heavy (non-hydrogen) atoms. The minimum absolute atomic E-state index is 0.327. The second-order valence-corrected chi connectivity index (χ2v) is 5.97. The molecule has 3 N–H and O–H groups in total. The van der Waals surface area contributed by atoms with Gasteiger partial charge in [-0.15, -0.1) is 0 Å². The zero-order valence-electron chi connectivity index (χ0n) is 12.1. The summed E-state index contributed by atoms with van der Waals surface area (Å²) in [4.78, 5) is 17.1. The molecule has 2 aromatic carbocycles. The van der Waals surface area contributed by atoms with Crippen molar-refractivity contribution >= 4 is 34.3 Å². The molecule has 0 aliphatic rings. The molecule has 0 saturated heterocycles. The van der Waals surface area contributed by atoms with Crippen LogP contribution in [0.1, 0.15) is 17.4 Å². The number of carbonyl (C=O) groups is 1. The van der Waals surface area contributed by atoms with Gasteiger partial charge in [0.05, 0.1) is 6.61 Å². The molecule has 0 radical (unpaired) electrons. The maximum Gasteiger partial charge on any atom is 0.354 e. The van der Waals surface area contributed by atoms with Gasteiger partial charge >= 0.3 is 5.97 Å². The molecule has 0 fully saturated rings. The van der Waals surface area contributed by atoms with Gasteiger partial charge in [0.15, 0.2) is 0 Å². The van der Waals surface area contributed by atoms with Crippen molar-refractivity contribution in [2.45, 2.75) is 16.7 Å². The van der Waals surface area contributed by atoms with Gasteiger partial charge < -0.3 is 15.5 Å². The summed E-state index contributed by atoms with van der Waals surface area (Å²) in [5.41, 5.74) is 7.85. The van der Waals surface area contributed by atoms with Crippen LogP contribution in [-0.4, -0.2) is 17.6 Å². The highest BCUT2D eigenvalue weighted by molar-refractivity contribution is 7.99. The lowest BCUT2D eigenvalue weighted by Gasteiger charge is -2.02. The predicted octanol–water partition coefficient (Wildman–Crippen LogP) is 4.08. The van der Waals surface area contributed by atoms with E-state index < -0.39 is 0 Å². The van der Waals surface area contributed by atoms with E-state index in [0.717, 1.165) is 26.4 Å². The topological polar surface area (TPSA) is 68.1 Å². The average molecular weight is 312 g/mol. The van der Waals surface area contributed by atoms with Crippen LogP contribution in [-0.2, 0) is 4.74 Å². The van der Waals surface area contributed by atoms with Crippen LogP contribution in [0.25, 0.3) is 10.9 Å². The highest BCUT2D eigenvalue weighted by atomic mass is 32.2. The van der Waals surface area contributed by atoms with E-state index in [0.29, 0.717) is 12.3 Å². The second-order valence-electron chi connectivity index (χ2n) is 4.82. The summed E-state index contributed by atoms with van der Waals surface area (Å²) in [6.07, 6.45) is 0. The number of aromatic nitrogens is 1. The van der Waals surface area contributed by atoms with Crippen LogP contribution >= 0.6 is 11.8 Å². The molecule has 112 valence electrons. The van der Waals surface area contributed by atoms with Gasteiger partial charge in [0.2, 0.25) is 0 Å². The summed E-state index contributed by atoms with van der Waals surface area (Å²) < 4.78 is 5.01. The van der Waals surface area contributed by atoms with Crippen molar-refractivity contribution in [2.75, 3.05) is 12.3 Å². The fraction of sp³-hybridized carbons (Fsp3) is 0.118. The Labute approximate surface area is 132 Å². The molecule has 0 aliphatic carbocycles. The van der Waals surface area contributed by atoms with Crippen LogP contribution in [0.5, 0.6) is 0 Å². The lowest BCUT2D eigenvalue weighted by Crippen LogP contribution is -2.04. The molecule has 0 unspecified atom stereocenters. The maximum atomic E-state index is 11.8. The highest BCUT2D eigenvalue weighted by Crippen LogP contribution is 2.30. The number of fused-ring (bicyclic) bond motifs is 1. The number of hydrogen-bond donors (Lipinski definition) is 2. The number of nitrogens with one attached hydrogen (secondary N) is 1. The Hall–Kier alpha value is -2.40. The van der Waals surface area contributed by atoms with Gasteiger partial charge in [0.1, 0.15) is 5.69 Å². The van der Waals surface area contributed by atoms with E-state index in [4.69, 9.17) is 10.5 Å². The minimum Gasteiger partial charge on any atom is -0.461 e. The summed E-state index contributed by atoms with van der Waals surface area (Å²) in [6.45, 7) is 2.16. The van der Waals surface area contributed by atoms with Crippen molar-refractivity contribution < 1.29 is 9.53 Å². The van der Waals surface area contributed by atoms with E-state index in [1.54, 1.807) is 18.7 Å². The molecule has 3 rings (SSSR count). The van der Waals surface area contributed by atoms with Crippen LogP contribution in [0, 0.1) is 0 Å². The maximum absolute atomic E-state index is 11.8. The first kappa shape index (κ1) is 14.5. The van der Waals surface area contributed by atoms with Crippen LogP contribution in [0.15, 0.2) is 58.3 Å². The Morgan fingerprint density at radius 2 is 1.86 bits per heavy atom. The Balaban J connectivity index is 1.86. The minimum atomic E-state index is -0.327. The summed E-state index contributed by atoms with van der Waals surface area (Å²) in [6, 6.07) is 15.6. The molecule has 0 atom stereocenters. The van der Waals surface area contributed by atoms with Gasteiger partial charge in [0, 0.05) is 26.4 Å². The molecule has 0 aliphatic heterocycles. The molecule has 1 heterocycles. The molecule has 0 amide bonds. The van der Waals surface area contributed by atoms with E-state index in [9.17, 15) is 4.79 Å². The number of nitrogens with two attached hydrogens (primary N) is 1. The largest absolute Gasteiger partial charge is 0.461 e.